The van der Waals surface area contributed by atoms with Gasteiger partial charge in [-0.15, -0.1) is 0 Å². The van der Waals surface area contributed by atoms with Crippen molar-refractivity contribution in [3.05, 3.63) is 267 Å². The van der Waals surface area contributed by atoms with Crippen LogP contribution in [0.5, 0.6) is 0 Å². The first-order chi connectivity index (χ1) is 35.6. The fourth-order valence-corrected chi connectivity index (χ4v) is 9.02. The second kappa shape index (κ2) is 19.7. The van der Waals surface area contributed by atoms with E-state index in [0.717, 1.165) is 89.0 Å². The number of aromatic nitrogens is 6. The van der Waals surface area contributed by atoms with Crippen LogP contribution in [0.25, 0.3) is 124 Å². The highest BCUT2D eigenvalue weighted by molar-refractivity contribution is 5.81. The van der Waals surface area contributed by atoms with Gasteiger partial charge in [-0.05, 0) is 79.9 Å². The molecular formula is C66H44N6. The molecule has 0 fully saturated rings. The van der Waals surface area contributed by atoms with Crippen molar-refractivity contribution in [3.63, 3.8) is 0 Å². The molecule has 12 rings (SSSR count). The third kappa shape index (κ3) is 9.36. The van der Waals surface area contributed by atoms with Crippen LogP contribution in [0.2, 0.25) is 0 Å². The van der Waals surface area contributed by atoms with Gasteiger partial charge in [-0.3, -0.25) is 0 Å². The molecule has 0 aliphatic carbocycles. The molecule has 0 saturated heterocycles. The molecule has 6 heteroatoms. The molecule has 0 atom stereocenters. The molecule has 338 valence electrons. The van der Waals surface area contributed by atoms with E-state index in [-0.39, 0.29) is 0 Å². The van der Waals surface area contributed by atoms with Crippen molar-refractivity contribution in [1.82, 2.24) is 29.9 Å². The van der Waals surface area contributed by atoms with E-state index >= 15 is 0 Å². The van der Waals surface area contributed by atoms with Crippen LogP contribution in [0.1, 0.15) is 0 Å². The summed E-state index contributed by atoms with van der Waals surface area (Å²) in [5.41, 5.74) is 16.6. The van der Waals surface area contributed by atoms with Crippen LogP contribution in [-0.4, -0.2) is 29.9 Å². The summed E-state index contributed by atoms with van der Waals surface area (Å²) in [6, 6.07) is 92.1. The molecule has 72 heavy (non-hydrogen) atoms. The second-order valence-corrected chi connectivity index (χ2v) is 17.6. The fraction of sp³-hybridized carbons (Fsp3) is 0. The van der Waals surface area contributed by atoms with E-state index in [2.05, 4.69) is 194 Å². The highest BCUT2D eigenvalue weighted by Gasteiger charge is 2.16. The number of hydrogen-bond acceptors (Lipinski definition) is 6. The van der Waals surface area contributed by atoms with E-state index in [9.17, 15) is 0 Å². The van der Waals surface area contributed by atoms with Gasteiger partial charge in [0.05, 0.1) is 0 Å². The summed E-state index contributed by atoms with van der Waals surface area (Å²) in [5, 5.41) is 0. The average molecular weight is 921 g/mol. The fourth-order valence-electron chi connectivity index (χ4n) is 9.02. The lowest BCUT2D eigenvalue weighted by atomic mass is 9.95. The second-order valence-electron chi connectivity index (χ2n) is 17.6. The summed E-state index contributed by atoms with van der Waals surface area (Å²) in [6.45, 7) is 0. The summed E-state index contributed by atoms with van der Waals surface area (Å²) in [4.78, 5) is 30.2. The van der Waals surface area contributed by atoms with E-state index in [1.54, 1.807) is 0 Å². The average Bonchev–Trinajstić information content (AvgIpc) is 3.48. The smallest absolute Gasteiger partial charge is 0.164 e. The van der Waals surface area contributed by atoms with Crippen LogP contribution in [-0.2, 0) is 0 Å². The van der Waals surface area contributed by atoms with Gasteiger partial charge in [0.1, 0.15) is 0 Å². The Kier molecular flexibility index (Phi) is 11.9. The van der Waals surface area contributed by atoms with E-state index in [1.165, 1.54) is 0 Å². The summed E-state index contributed by atoms with van der Waals surface area (Å²) in [5.74, 6) is 3.72. The molecule has 0 amide bonds. The van der Waals surface area contributed by atoms with Crippen LogP contribution in [0.15, 0.2) is 267 Å². The topological polar surface area (TPSA) is 77.3 Å². The van der Waals surface area contributed by atoms with Crippen LogP contribution < -0.4 is 0 Å². The molecule has 2 aromatic heterocycles. The molecule has 0 aliphatic rings. The lowest BCUT2D eigenvalue weighted by Crippen LogP contribution is -2.00. The van der Waals surface area contributed by atoms with E-state index in [4.69, 9.17) is 29.9 Å². The first-order valence-electron chi connectivity index (χ1n) is 24.0. The Balaban J connectivity index is 0.864. The van der Waals surface area contributed by atoms with Crippen molar-refractivity contribution in [2.75, 3.05) is 0 Å². The molecular weight excluding hydrogens is 877 g/mol. The van der Waals surface area contributed by atoms with Gasteiger partial charge in [-0.25, -0.2) is 29.9 Å². The van der Waals surface area contributed by atoms with Gasteiger partial charge in [-0.2, -0.15) is 0 Å². The van der Waals surface area contributed by atoms with E-state index in [1.807, 2.05) is 72.8 Å². The Labute approximate surface area is 418 Å². The lowest BCUT2D eigenvalue weighted by molar-refractivity contribution is 1.07. The molecule has 0 spiro atoms. The number of rotatable bonds is 11. The zero-order chi connectivity index (χ0) is 48.1. The quantitative estimate of drug-likeness (QED) is 0.129. The van der Waals surface area contributed by atoms with Crippen LogP contribution in [0.3, 0.4) is 0 Å². The molecule has 0 aliphatic heterocycles. The highest BCUT2D eigenvalue weighted by Crippen LogP contribution is 2.35. The molecule has 2 heterocycles. The monoisotopic (exact) mass is 920 g/mol. The first-order valence-corrected chi connectivity index (χ1v) is 24.0. The van der Waals surface area contributed by atoms with Crippen LogP contribution >= 0.6 is 0 Å². The summed E-state index contributed by atoms with van der Waals surface area (Å²) in [7, 11) is 0. The summed E-state index contributed by atoms with van der Waals surface area (Å²) in [6.07, 6.45) is 0. The van der Waals surface area contributed by atoms with E-state index in [0.29, 0.717) is 34.9 Å². The van der Waals surface area contributed by atoms with Crippen molar-refractivity contribution in [2.45, 2.75) is 0 Å². The van der Waals surface area contributed by atoms with Gasteiger partial charge in [0.15, 0.2) is 34.9 Å². The van der Waals surface area contributed by atoms with Gasteiger partial charge < -0.3 is 0 Å². The molecule has 0 radical (unpaired) electrons. The zero-order valence-electron chi connectivity index (χ0n) is 39.1. The van der Waals surface area contributed by atoms with Crippen molar-refractivity contribution in [1.29, 1.82) is 0 Å². The Morgan fingerprint density at radius 1 is 0.125 bits per heavy atom. The SMILES string of the molecule is c1ccc(-c2ccc(-c3nc(-c4ccc(-c5ccccc5)cc4)nc(-c4cccc(-c5cccc(-c6cccc(-c7cccc(-c8nc(-c9ccccc9)nc(-c9ccccc9)n8)c7)c6)c5)c4)n3)cc2)cc1. The summed E-state index contributed by atoms with van der Waals surface area (Å²) >= 11 is 0. The Morgan fingerprint density at radius 2 is 0.292 bits per heavy atom. The predicted molar refractivity (Wildman–Crippen MR) is 293 cm³/mol. The molecule has 0 unspecified atom stereocenters. The molecule has 0 saturated carbocycles. The van der Waals surface area contributed by atoms with Crippen molar-refractivity contribution in [2.24, 2.45) is 0 Å². The minimum absolute atomic E-state index is 0.604. The maximum absolute atomic E-state index is 5.13. The van der Waals surface area contributed by atoms with E-state index < -0.39 is 0 Å². The van der Waals surface area contributed by atoms with Gasteiger partial charge in [0.2, 0.25) is 0 Å². The van der Waals surface area contributed by atoms with Gasteiger partial charge >= 0.3 is 0 Å². The molecule has 10 aromatic carbocycles. The maximum Gasteiger partial charge on any atom is 0.164 e. The van der Waals surface area contributed by atoms with Crippen LogP contribution in [0, 0.1) is 0 Å². The first kappa shape index (κ1) is 43.5. The normalized spacial score (nSPS) is 11.1. The number of nitrogens with zero attached hydrogens (tertiary/aromatic N) is 6. The Morgan fingerprint density at radius 3 is 0.569 bits per heavy atom. The highest BCUT2D eigenvalue weighted by atomic mass is 15.0. The van der Waals surface area contributed by atoms with Gasteiger partial charge in [0, 0.05) is 33.4 Å². The third-order valence-corrected chi connectivity index (χ3v) is 12.8. The van der Waals surface area contributed by atoms with Crippen molar-refractivity contribution in [3.8, 4) is 124 Å². The molecule has 6 nitrogen and oxygen atoms in total. The van der Waals surface area contributed by atoms with Crippen molar-refractivity contribution < 1.29 is 0 Å². The largest absolute Gasteiger partial charge is 0.208 e. The predicted octanol–water partition coefficient (Wildman–Crippen LogP) is 16.4. The van der Waals surface area contributed by atoms with Gasteiger partial charge in [0.25, 0.3) is 0 Å². The summed E-state index contributed by atoms with van der Waals surface area (Å²) < 4.78 is 0. The molecule has 0 bridgehead atoms. The minimum Gasteiger partial charge on any atom is -0.208 e. The lowest BCUT2D eigenvalue weighted by Gasteiger charge is -2.12. The Bertz CT molecular complexity index is 3670. The Hall–Kier alpha value is -9.78. The maximum atomic E-state index is 5.13. The van der Waals surface area contributed by atoms with Crippen molar-refractivity contribution >= 4 is 0 Å². The number of benzene rings is 10. The van der Waals surface area contributed by atoms with Crippen LogP contribution in [0.4, 0.5) is 0 Å². The standard InChI is InChI=1S/C66H44N6/c1-5-17-45(18-6-1)47-33-37-51(38-34-47)63-68-64(52-39-35-48(36-40-52)46-19-7-2-8-20-46)72-66(71-63)60-32-16-30-58(44-60)56-28-14-26-54(42-56)53-25-13-27-55(41-53)57-29-15-31-59(43-57)65-69-61(49-21-9-3-10-22-49)67-62(70-65)50-23-11-4-12-24-50/h1-44H. The minimum atomic E-state index is 0.604. The third-order valence-electron chi connectivity index (χ3n) is 12.8. The molecule has 0 N–H and O–H groups in total. The van der Waals surface area contributed by atoms with Gasteiger partial charge in [-0.1, -0.05) is 243 Å². The number of hydrogen-bond donors (Lipinski definition) is 0. The molecule has 12 aromatic rings. The zero-order valence-corrected chi connectivity index (χ0v) is 39.1.